The molecule has 0 unspecified atom stereocenters. The molecule has 2 rings (SSSR count). The molecule has 5 heteroatoms. The minimum absolute atomic E-state index is 0.271. The number of pyridine rings is 1. The van der Waals surface area contributed by atoms with Gasteiger partial charge < -0.3 is 5.32 Å². The van der Waals surface area contributed by atoms with Crippen LogP contribution in [0.2, 0.25) is 5.02 Å². The number of amides is 1. The van der Waals surface area contributed by atoms with Crippen LogP contribution in [0.3, 0.4) is 0 Å². The van der Waals surface area contributed by atoms with Gasteiger partial charge in [0.1, 0.15) is 0 Å². The van der Waals surface area contributed by atoms with E-state index < -0.39 is 0 Å². The number of rotatable bonds is 3. The van der Waals surface area contributed by atoms with E-state index in [1.165, 1.54) is 6.20 Å². The molecule has 2 aromatic rings. The molecule has 1 amide bonds. The van der Waals surface area contributed by atoms with Crippen molar-refractivity contribution < 1.29 is 4.79 Å². The molecule has 0 spiro atoms. The highest BCUT2D eigenvalue weighted by Crippen LogP contribution is 2.15. The van der Waals surface area contributed by atoms with Gasteiger partial charge in [0.25, 0.3) is 5.91 Å². The molecular formula is C15H12ClN3O. The summed E-state index contributed by atoms with van der Waals surface area (Å²) in [4.78, 5) is 16.0. The van der Waals surface area contributed by atoms with Crippen molar-refractivity contribution in [2.75, 3.05) is 0 Å². The highest BCUT2D eigenvalue weighted by atomic mass is 35.5. The molecule has 0 saturated heterocycles. The van der Waals surface area contributed by atoms with Gasteiger partial charge in [-0.25, -0.2) is 0 Å². The van der Waals surface area contributed by atoms with Gasteiger partial charge in [0, 0.05) is 18.4 Å². The lowest BCUT2D eigenvalue weighted by Crippen LogP contribution is -2.23. The zero-order valence-corrected chi connectivity index (χ0v) is 11.6. The summed E-state index contributed by atoms with van der Waals surface area (Å²) in [7, 11) is 0. The third kappa shape index (κ3) is 3.34. The molecule has 1 aromatic carbocycles. The largest absolute Gasteiger partial charge is 0.348 e. The van der Waals surface area contributed by atoms with Gasteiger partial charge in [-0.2, -0.15) is 5.26 Å². The van der Waals surface area contributed by atoms with Gasteiger partial charge in [0.05, 0.1) is 22.2 Å². The lowest BCUT2D eigenvalue weighted by molar-refractivity contribution is 0.0950. The topological polar surface area (TPSA) is 65.8 Å². The summed E-state index contributed by atoms with van der Waals surface area (Å²) in [5.41, 5.74) is 2.61. The van der Waals surface area contributed by atoms with E-state index in [9.17, 15) is 4.79 Å². The van der Waals surface area contributed by atoms with Gasteiger partial charge in [-0.1, -0.05) is 23.7 Å². The zero-order chi connectivity index (χ0) is 14.5. The second-order valence-electron chi connectivity index (χ2n) is 4.30. The van der Waals surface area contributed by atoms with Gasteiger partial charge in [-0.3, -0.25) is 9.78 Å². The molecule has 0 saturated carbocycles. The first kappa shape index (κ1) is 14.0. The zero-order valence-electron chi connectivity index (χ0n) is 10.9. The average Bonchev–Trinajstić information content (AvgIpc) is 2.45. The highest BCUT2D eigenvalue weighted by Gasteiger charge is 2.10. The van der Waals surface area contributed by atoms with Crippen LogP contribution < -0.4 is 5.32 Å². The number of carbonyl (C=O) groups is 1. The van der Waals surface area contributed by atoms with Gasteiger partial charge >= 0.3 is 0 Å². The Labute approximate surface area is 122 Å². The lowest BCUT2D eigenvalue weighted by Gasteiger charge is -2.07. The molecule has 20 heavy (non-hydrogen) atoms. The number of aryl methyl sites for hydroxylation is 1. The minimum atomic E-state index is -0.271. The minimum Gasteiger partial charge on any atom is -0.348 e. The van der Waals surface area contributed by atoms with Crippen molar-refractivity contribution in [3.05, 3.63) is 63.9 Å². The first-order valence-corrected chi connectivity index (χ1v) is 6.37. The van der Waals surface area contributed by atoms with Crippen LogP contribution in [0.25, 0.3) is 0 Å². The van der Waals surface area contributed by atoms with Crippen molar-refractivity contribution >= 4 is 17.5 Å². The monoisotopic (exact) mass is 285 g/mol. The van der Waals surface area contributed by atoms with Crippen molar-refractivity contribution in [3.8, 4) is 6.07 Å². The number of aromatic nitrogens is 1. The Morgan fingerprint density at radius 2 is 2.10 bits per heavy atom. The normalized spacial score (nSPS) is 9.85. The van der Waals surface area contributed by atoms with Crippen LogP contribution in [0.4, 0.5) is 0 Å². The Morgan fingerprint density at radius 1 is 1.40 bits per heavy atom. The number of halogens is 1. The average molecular weight is 286 g/mol. The molecule has 1 aromatic heterocycles. The van der Waals surface area contributed by atoms with E-state index in [0.29, 0.717) is 22.7 Å². The van der Waals surface area contributed by atoms with E-state index in [1.807, 2.05) is 13.0 Å². The second-order valence-corrected chi connectivity index (χ2v) is 4.70. The molecule has 0 aliphatic carbocycles. The summed E-state index contributed by atoms with van der Waals surface area (Å²) in [5.74, 6) is -0.271. The number of nitriles is 1. The number of nitrogens with one attached hydrogen (secondary N) is 1. The molecule has 1 heterocycles. The van der Waals surface area contributed by atoms with Crippen LogP contribution in [-0.4, -0.2) is 10.9 Å². The molecule has 0 atom stereocenters. The fraction of sp³-hybridized carbons (Fsp3) is 0.133. The molecule has 0 fully saturated rings. The Kier molecular flexibility index (Phi) is 4.34. The SMILES string of the molecule is Cc1cc(Cl)c(C(=O)NCc2ccc(C#N)cc2)cn1. The summed E-state index contributed by atoms with van der Waals surface area (Å²) in [6.45, 7) is 2.18. The fourth-order valence-electron chi connectivity index (χ4n) is 1.67. The van der Waals surface area contributed by atoms with Gasteiger partial charge in [-0.15, -0.1) is 0 Å². The Bertz CT molecular complexity index is 675. The molecule has 0 radical (unpaired) electrons. The number of hydrogen-bond donors (Lipinski definition) is 1. The fourth-order valence-corrected chi connectivity index (χ4v) is 1.96. The first-order valence-electron chi connectivity index (χ1n) is 5.99. The summed E-state index contributed by atoms with van der Waals surface area (Å²) >= 11 is 6.01. The number of carbonyl (C=O) groups excluding carboxylic acids is 1. The maximum Gasteiger partial charge on any atom is 0.254 e. The smallest absolute Gasteiger partial charge is 0.254 e. The number of hydrogen-bond acceptors (Lipinski definition) is 3. The predicted molar refractivity (Wildman–Crippen MR) is 76.3 cm³/mol. The van der Waals surface area contributed by atoms with Crippen LogP contribution in [0, 0.1) is 18.3 Å². The lowest BCUT2D eigenvalue weighted by atomic mass is 10.1. The van der Waals surface area contributed by atoms with Gasteiger partial charge in [0.2, 0.25) is 0 Å². The van der Waals surface area contributed by atoms with Gasteiger partial charge in [-0.05, 0) is 30.7 Å². The maximum absolute atomic E-state index is 12.0. The molecule has 100 valence electrons. The van der Waals surface area contributed by atoms with Gasteiger partial charge in [0.15, 0.2) is 0 Å². The van der Waals surface area contributed by atoms with Crippen LogP contribution >= 0.6 is 11.6 Å². The van der Waals surface area contributed by atoms with E-state index in [0.717, 1.165) is 11.3 Å². The van der Waals surface area contributed by atoms with Crippen LogP contribution in [0.1, 0.15) is 27.2 Å². The van der Waals surface area contributed by atoms with Crippen molar-refractivity contribution in [2.24, 2.45) is 0 Å². The summed E-state index contributed by atoms with van der Waals surface area (Å²) in [6.07, 6.45) is 1.46. The third-order valence-corrected chi connectivity index (χ3v) is 3.08. The first-order chi connectivity index (χ1) is 9.60. The van der Waals surface area contributed by atoms with Crippen molar-refractivity contribution in [1.29, 1.82) is 5.26 Å². The standard InChI is InChI=1S/C15H12ClN3O/c1-10-6-14(16)13(9-18-10)15(20)19-8-12-4-2-11(7-17)3-5-12/h2-6,9H,8H2,1H3,(H,19,20). The van der Waals surface area contributed by atoms with Crippen LogP contribution in [0.15, 0.2) is 36.5 Å². The van der Waals surface area contributed by atoms with Crippen LogP contribution in [-0.2, 0) is 6.54 Å². The summed E-state index contributed by atoms with van der Waals surface area (Å²) in [5, 5.41) is 11.9. The quantitative estimate of drug-likeness (QED) is 0.943. The predicted octanol–water partition coefficient (Wildman–Crippen LogP) is 2.85. The number of benzene rings is 1. The summed E-state index contributed by atoms with van der Waals surface area (Å²) in [6, 6.07) is 10.7. The molecule has 0 aliphatic heterocycles. The Morgan fingerprint density at radius 3 is 2.70 bits per heavy atom. The van der Waals surface area contributed by atoms with E-state index in [-0.39, 0.29) is 5.91 Å². The van der Waals surface area contributed by atoms with Crippen molar-refractivity contribution in [2.45, 2.75) is 13.5 Å². The van der Waals surface area contributed by atoms with E-state index >= 15 is 0 Å². The van der Waals surface area contributed by atoms with E-state index in [4.69, 9.17) is 16.9 Å². The third-order valence-electron chi connectivity index (χ3n) is 2.77. The summed E-state index contributed by atoms with van der Waals surface area (Å²) < 4.78 is 0. The highest BCUT2D eigenvalue weighted by molar-refractivity contribution is 6.33. The van der Waals surface area contributed by atoms with E-state index in [2.05, 4.69) is 10.3 Å². The molecule has 1 N–H and O–H groups in total. The molecule has 4 nitrogen and oxygen atoms in total. The van der Waals surface area contributed by atoms with Crippen molar-refractivity contribution in [1.82, 2.24) is 10.3 Å². The Hall–Kier alpha value is -2.38. The van der Waals surface area contributed by atoms with Crippen molar-refractivity contribution in [3.63, 3.8) is 0 Å². The van der Waals surface area contributed by atoms with E-state index in [1.54, 1.807) is 30.3 Å². The Balaban J connectivity index is 2.03. The molecular weight excluding hydrogens is 274 g/mol. The van der Waals surface area contributed by atoms with Crippen LogP contribution in [0.5, 0.6) is 0 Å². The number of nitrogens with zero attached hydrogens (tertiary/aromatic N) is 2. The second kappa shape index (κ2) is 6.18. The molecule has 0 bridgehead atoms. The molecule has 0 aliphatic rings. The maximum atomic E-state index is 12.0.